The molecule has 4 heterocycles. The highest BCUT2D eigenvalue weighted by atomic mass is 16.2. The van der Waals surface area contributed by atoms with E-state index in [1.54, 1.807) is 0 Å². The van der Waals surface area contributed by atoms with Crippen LogP contribution >= 0.6 is 0 Å². The Morgan fingerprint density at radius 2 is 1.77 bits per heavy atom. The zero-order valence-corrected chi connectivity index (χ0v) is 20.5. The van der Waals surface area contributed by atoms with Crippen molar-refractivity contribution in [2.45, 2.75) is 40.0 Å². The average Bonchev–Trinajstić information content (AvgIpc) is 3.46. The number of rotatable bonds is 3. The Hall–Kier alpha value is -3.74. The third-order valence-electron chi connectivity index (χ3n) is 7.49. The summed E-state index contributed by atoms with van der Waals surface area (Å²) in [5.74, 6) is 0.935. The van der Waals surface area contributed by atoms with Crippen molar-refractivity contribution in [3.05, 3.63) is 71.0 Å². The van der Waals surface area contributed by atoms with Crippen molar-refractivity contribution in [3.8, 4) is 5.69 Å². The third-order valence-corrected chi connectivity index (χ3v) is 7.49. The molecule has 0 bridgehead atoms. The molecular weight excluding hydrogens is 436 g/mol. The molecule has 1 amide bonds. The van der Waals surface area contributed by atoms with Gasteiger partial charge in [0.25, 0.3) is 0 Å². The molecule has 2 aliphatic rings. The van der Waals surface area contributed by atoms with Crippen LogP contribution in [0.5, 0.6) is 0 Å². The van der Waals surface area contributed by atoms with Gasteiger partial charge in [-0.2, -0.15) is 10.2 Å². The number of carbonyl (C=O) groups is 1. The van der Waals surface area contributed by atoms with Crippen molar-refractivity contribution in [3.63, 3.8) is 0 Å². The van der Waals surface area contributed by atoms with Crippen molar-refractivity contribution >= 4 is 28.3 Å². The maximum Gasteiger partial charge on any atom is 0.231 e. The van der Waals surface area contributed by atoms with Gasteiger partial charge in [0.05, 0.1) is 28.4 Å². The van der Waals surface area contributed by atoms with Crippen LogP contribution in [0.1, 0.15) is 35.4 Å². The first kappa shape index (κ1) is 21.8. The fraction of sp³-hybridized carbons (Fsp3) is 0.357. The molecule has 0 aliphatic carbocycles. The summed E-state index contributed by atoms with van der Waals surface area (Å²) in [6, 6.07) is 16.6. The Kier molecular flexibility index (Phi) is 5.28. The second-order valence-electron chi connectivity index (χ2n) is 9.82. The monoisotopic (exact) mass is 466 g/mol. The number of benzene rings is 2. The number of carbonyl (C=O) groups excluding carboxylic acids is 1. The predicted molar refractivity (Wildman–Crippen MR) is 138 cm³/mol. The van der Waals surface area contributed by atoms with Gasteiger partial charge in [0.2, 0.25) is 5.91 Å². The highest BCUT2D eigenvalue weighted by Crippen LogP contribution is 2.34. The molecule has 0 spiro atoms. The second-order valence-corrected chi connectivity index (χ2v) is 9.82. The molecule has 0 radical (unpaired) electrons. The van der Waals surface area contributed by atoms with Gasteiger partial charge in [-0.15, -0.1) is 5.10 Å². The van der Waals surface area contributed by atoms with Gasteiger partial charge in [-0.25, -0.2) is 4.68 Å². The molecule has 0 unspecified atom stereocenters. The fourth-order valence-corrected chi connectivity index (χ4v) is 5.62. The lowest BCUT2D eigenvalue weighted by Gasteiger charge is -2.34. The number of aryl methyl sites for hydroxylation is 3. The molecule has 0 N–H and O–H groups in total. The normalized spacial score (nSPS) is 17.7. The molecule has 7 nitrogen and oxygen atoms in total. The first-order valence-corrected chi connectivity index (χ1v) is 12.4. The topological polar surface area (TPSA) is 67.2 Å². The van der Waals surface area contributed by atoms with Gasteiger partial charge >= 0.3 is 0 Å². The highest BCUT2D eigenvalue weighted by molar-refractivity contribution is 5.98. The second kappa shape index (κ2) is 8.48. The van der Waals surface area contributed by atoms with Gasteiger partial charge in [-0.1, -0.05) is 35.9 Å². The Morgan fingerprint density at radius 3 is 2.60 bits per heavy atom. The van der Waals surface area contributed by atoms with Gasteiger partial charge in [-0.05, 0) is 63.8 Å². The predicted octanol–water partition coefficient (Wildman–Crippen LogP) is 4.55. The number of amides is 1. The fourth-order valence-electron chi connectivity index (χ4n) is 5.62. The quantitative estimate of drug-likeness (QED) is 0.443. The summed E-state index contributed by atoms with van der Waals surface area (Å²) in [5, 5.41) is 15.1. The van der Waals surface area contributed by atoms with E-state index >= 15 is 0 Å². The van der Waals surface area contributed by atoms with Crippen molar-refractivity contribution in [2.75, 3.05) is 29.4 Å². The summed E-state index contributed by atoms with van der Waals surface area (Å²) in [6.07, 6.45) is 2.77. The van der Waals surface area contributed by atoms with Crippen LogP contribution < -0.4 is 9.80 Å². The molecule has 2 aromatic heterocycles. The van der Waals surface area contributed by atoms with Crippen molar-refractivity contribution < 1.29 is 4.79 Å². The molecule has 1 atom stereocenters. The molecule has 2 aromatic carbocycles. The molecule has 0 saturated carbocycles. The summed E-state index contributed by atoms with van der Waals surface area (Å²) in [4.78, 5) is 17.8. The number of para-hydroxylation sites is 1. The largest absolute Gasteiger partial charge is 0.352 e. The summed E-state index contributed by atoms with van der Waals surface area (Å²) < 4.78 is 1.98. The number of piperidine rings is 1. The summed E-state index contributed by atoms with van der Waals surface area (Å²) in [6.45, 7) is 8.41. The van der Waals surface area contributed by atoms with Crippen LogP contribution in [0, 0.1) is 26.7 Å². The van der Waals surface area contributed by atoms with Gasteiger partial charge in [0.1, 0.15) is 5.52 Å². The van der Waals surface area contributed by atoms with E-state index in [0.29, 0.717) is 6.54 Å². The SMILES string of the molecule is Cc1ccc(-n2nc3c(N4CCC[C@H](C(=O)N5CCc6ccccc65)C4)nnc(C)c3c2C)cc1. The molecule has 2 aliphatic heterocycles. The minimum absolute atomic E-state index is 0.0617. The first-order valence-electron chi connectivity index (χ1n) is 12.4. The number of hydrogen-bond donors (Lipinski definition) is 0. The lowest BCUT2D eigenvalue weighted by atomic mass is 9.96. The number of anilines is 2. The minimum atomic E-state index is -0.0617. The molecule has 35 heavy (non-hydrogen) atoms. The van der Waals surface area contributed by atoms with E-state index in [1.165, 1.54) is 11.1 Å². The molecular formula is C28H30N6O. The van der Waals surface area contributed by atoms with Crippen LogP contribution in [0.15, 0.2) is 48.5 Å². The van der Waals surface area contributed by atoms with Gasteiger partial charge < -0.3 is 9.80 Å². The average molecular weight is 467 g/mol. The zero-order chi connectivity index (χ0) is 24.1. The third kappa shape index (κ3) is 3.66. The number of nitrogens with zero attached hydrogens (tertiary/aromatic N) is 6. The van der Waals surface area contributed by atoms with Crippen LogP contribution in [-0.2, 0) is 11.2 Å². The van der Waals surface area contributed by atoms with Gasteiger partial charge in [0.15, 0.2) is 5.82 Å². The number of fused-ring (bicyclic) bond motifs is 2. The standard InChI is InChI=1S/C28H30N6O/c1-18-10-12-23(13-11-18)34-20(3)25-19(2)29-30-27(26(25)31-34)32-15-6-8-22(17-32)28(35)33-16-14-21-7-4-5-9-24(21)33/h4-5,7,9-13,22H,6,8,14-17H2,1-3H3/t22-/m0/s1. The number of aromatic nitrogens is 4. The summed E-state index contributed by atoms with van der Waals surface area (Å²) >= 11 is 0. The lowest BCUT2D eigenvalue weighted by Crippen LogP contribution is -2.45. The molecule has 1 saturated heterocycles. The molecule has 178 valence electrons. The van der Waals surface area contributed by atoms with E-state index in [9.17, 15) is 4.79 Å². The van der Waals surface area contributed by atoms with Crippen LogP contribution in [0.25, 0.3) is 16.6 Å². The van der Waals surface area contributed by atoms with E-state index < -0.39 is 0 Å². The molecule has 1 fully saturated rings. The van der Waals surface area contributed by atoms with Crippen molar-refractivity contribution in [2.24, 2.45) is 5.92 Å². The van der Waals surface area contributed by atoms with E-state index in [2.05, 4.69) is 65.3 Å². The minimum Gasteiger partial charge on any atom is -0.352 e. The number of hydrogen-bond acceptors (Lipinski definition) is 5. The van der Waals surface area contributed by atoms with E-state index in [-0.39, 0.29) is 11.8 Å². The van der Waals surface area contributed by atoms with Crippen molar-refractivity contribution in [1.29, 1.82) is 0 Å². The smallest absolute Gasteiger partial charge is 0.231 e. The maximum atomic E-state index is 13.6. The first-order chi connectivity index (χ1) is 17.0. The van der Waals surface area contributed by atoms with Crippen LogP contribution in [0.3, 0.4) is 0 Å². The van der Waals surface area contributed by atoms with Crippen LogP contribution in [-0.4, -0.2) is 45.5 Å². The van der Waals surface area contributed by atoms with Crippen LogP contribution in [0.4, 0.5) is 11.5 Å². The Labute approximate surface area is 205 Å². The van der Waals surface area contributed by atoms with Crippen LogP contribution in [0.2, 0.25) is 0 Å². The Morgan fingerprint density at radius 1 is 0.971 bits per heavy atom. The van der Waals surface area contributed by atoms with E-state index in [1.807, 2.05) is 28.6 Å². The molecule has 7 heteroatoms. The van der Waals surface area contributed by atoms with E-state index in [4.69, 9.17) is 5.10 Å². The molecule has 4 aromatic rings. The van der Waals surface area contributed by atoms with Gasteiger partial charge in [0, 0.05) is 25.3 Å². The van der Waals surface area contributed by atoms with Crippen molar-refractivity contribution in [1.82, 2.24) is 20.0 Å². The Balaban J connectivity index is 1.33. The maximum absolute atomic E-state index is 13.6. The summed E-state index contributed by atoms with van der Waals surface area (Å²) in [5.41, 5.74) is 7.35. The highest BCUT2D eigenvalue weighted by Gasteiger charge is 2.34. The zero-order valence-electron chi connectivity index (χ0n) is 20.5. The summed E-state index contributed by atoms with van der Waals surface area (Å²) in [7, 11) is 0. The van der Waals surface area contributed by atoms with E-state index in [0.717, 1.165) is 71.8 Å². The molecule has 6 rings (SSSR count). The van der Waals surface area contributed by atoms with Gasteiger partial charge in [-0.3, -0.25) is 4.79 Å². The lowest BCUT2D eigenvalue weighted by molar-refractivity contribution is -0.122. The Bertz CT molecular complexity index is 1420.